The average Bonchev–Trinajstić information content (AvgIpc) is 2.61. The van der Waals surface area contributed by atoms with Crippen LogP contribution in [0.15, 0.2) is 18.2 Å². The van der Waals surface area contributed by atoms with Crippen LogP contribution in [-0.2, 0) is 4.74 Å². The topological polar surface area (TPSA) is 93.9 Å². The molecule has 138 valence electrons. The summed E-state index contributed by atoms with van der Waals surface area (Å²) in [6.45, 7) is 5.93. The van der Waals surface area contributed by atoms with Gasteiger partial charge < -0.3 is 25.4 Å². The first-order chi connectivity index (χ1) is 12.0. The van der Waals surface area contributed by atoms with E-state index < -0.39 is 0 Å². The number of nitrogens with two attached hydrogens (primary N) is 1. The molecule has 0 saturated carbocycles. The SMILES string of the molecule is CCCOc1ccc(C(=O)NC2CCN(C(=O)OCC)CC2)cc1N. The van der Waals surface area contributed by atoms with Gasteiger partial charge in [0.15, 0.2) is 0 Å². The summed E-state index contributed by atoms with van der Waals surface area (Å²) < 4.78 is 10.5. The van der Waals surface area contributed by atoms with Gasteiger partial charge in [0.25, 0.3) is 5.91 Å². The fourth-order valence-corrected chi connectivity index (χ4v) is 2.72. The van der Waals surface area contributed by atoms with E-state index in [-0.39, 0.29) is 18.0 Å². The van der Waals surface area contributed by atoms with Gasteiger partial charge >= 0.3 is 6.09 Å². The van der Waals surface area contributed by atoms with Crippen molar-refractivity contribution in [1.29, 1.82) is 0 Å². The molecule has 7 heteroatoms. The number of ether oxygens (including phenoxy) is 2. The molecule has 0 bridgehead atoms. The van der Waals surface area contributed by atoms with Gasteiger partial charge in [0, 0.05) is 24.7 Å². The summed E-state index contributed by atoms with van der Waals surface area (Å²) in [5, 5.41) is 3.00. The second kappa shape index (κ2) is 9.15. The molecule has 2 amide bonds. The van der Waals surface area contributed by atoms with E-state index in [9.17, 15) is 9.59 Å². The Bertz CT molecular complexity index is 598. The molecule has 1 aromatic rings. The third kappa shape index (κ3) is 5.27. The molecule has 7 nitrogen and oxygen atoms in total. The third-order valence-electron chi connectivity index (χ3n) is 4.09. The maximum absolute atomic E-state index is 12.4. The molecular formula is C18H27N3O4. The molecule has 25 heavy (non-hydrogen) atoms. The van der Waals surface area contributed by atoms with Crippen molar-refractivity contribution < 1.29 is 19.1 Å². The predicted molar refractivity (Wildman–Crippen MR) is 95.7 cm³/mol. The van der Waals surface area contributed by atoms with Crippen LogP contribution in [0.1, 0.15) is 43.5 Å². The van der Waals surface area contributed by atoms with Gasteiger partial charge in [-0.1, -0.05) is 6.92 Å². The predicted octanol–water partition coefficient (Wildman–Crippen LogP) is 2.41. The molecular weight excluding hydrogens is 322 g/mol. The van der Waals surface area contributed by atoms with E-state index >= 15 is 0 Å². The molecule has 2 rings (SSSR count). The van der Waals surface area contributed by atoms with E-state index in [1.807, 2.05) is 6.92 Å². The minimum atomic E-state index is -0.289. The van der Waals surface area contributed by atoms with Crippen molar-refractivity contribution in [2.45, 2.75) is 39.2 Å². The Morgan fingerprint density at radius 2 is 2.00 bits per heavy atom. The summed E-state index contributed by atoms with van der Waals surface area (Å²) in [5.74, 6) is 0.435. The summed E-state index contributed by atoms with van der Waals surface area (Å²) in [4.78, 5) is 25.7. The van der Waals surface area contributed by atoms with Gasteiger partial charge in [0.1, 0.15) is 5.75 Å². The minimum absolute atomic E-state index is 0.0374. The number of benzene rings is 1. The Labute approximate surface area is 148 Å². The number of nitrogens with zero attached hydrogens (tertiary/aromatic N) is 1. The van der Waals surface area contributed by atoms with Gasteiger partial charge in [-0.2, -0.15) is 0 Å². The Hall–Kier alpha value is -2.44. The Morgan fingerprint density at radius 3 is 2.60 bits per heavy atom. The molecule has 1 heterocycles. The highest BCUT2D eigenvalue weighted by atomic mass is 16.6. The van der Waals surface area contributed by atoms with Crippen LogP contribution >= 0.6 is 0 Å². The lowest BCUT2D eigenvalue weighted by Crippen LogP contribution is -2.46. The summed E-state index contributed by atoms with van der Waals surface area (Å²) in [7, 11) is 0. The standard InChI is InChI=1S/C18H27N3O4/c1-3-11-25-16-6-5-13(12-15(16)19)17(22)20-14-7-9-21(10-8-14)18(23)24-4-2/h5-6,12,14H,3-4,7-11,19H2,1-2H3,(H,20,22). The molecule has 1 aromatic carbocycles. The lowest BCUT2D eigenvalue weighted by Gasteiger charge is -2.31. The molecule has 0 aromatic heterocycles. The van der Waals surface area contributed by atoms with Crippen molar-refractivity contribution in [3.8, 4) is 5.75 Å². The third-order valence-corrected chi connectivity index (χ3v) is 4.09. The summed E-state index contributed by atoms with van der Waals surface area (Å²) in [6.07, 6.45) is 2.02. The zero-order valence-electron chi connectivity index (χ0n) is 14.9. The Kier molecular flexibility index (Phi) is 6.91. The molecule has 0 spiro atoms. The fourth-order valence-electron chi connectivity index (χ4n) is 2.72. The fraction of sp³-hybridized carbons (Fsp3) is 0.556. The molecule has 1 aliphatic rings. The van der Waals surface area contributed by atoms with E-state index in [0.717, 1.165) is 6.42 Å². The Balaban J connectivity index is 1.86. The van der Waals surface area contributed by atoms with Crippen molar-refractivity contribution in [2.75, 3.05) is 32.0 Å². The second-order valence-corrected chi connectivity index (χ2v) is 6.03. The average molecular weight is 349 g/mol. The molecule has 0 radical (unpaired) electrons. The molecule has 1 saturated heterocycles. The number of piperidine rings is 1. The highest BCUT2D eigenvalue weighted by molar-refractivity contribution is 5.95. The van der Waals surface area contributed by atoms with Crippen molar-refractivity contribution >= 4 is 17.7 Å². The highest BCUT2D eigenvalue weighted by Gasteiger charge is 2.24. The smallest absolute Gasteiger partial charge is 0.409 e. The van der Waals surface area contributed by atoms with Crippen molar-refractivity contribution in [2.24, 2.45) is 0 Å². The quantitative estimate of drug-likeness (QED) is 0.769. The zero-order valence-corrected chi connectivity index (χ0v) is 14.9. The number of hydrogen-bond donors (Lipinski definition) is 2. The number of carbonyl (C=O) groups excluding carboxylic acids is 2. The number of rotatable bonds is 6. The number of nitrogens with one attached hydrogen (secondary N) is 1. The van der Waals surface area contributed by atoms with Crippen molar-refractivity contribution in [3.63, 3.8) is 0 Å². The van der Waals surface area contributed by atoms with Crippen LogP contribution in [0.3, 0.4) is 0 Å². The molecule has 0 aliphatic carbocycles. The largest absolute Gasteiger partial charge is 0.491 e. The number of anilines is 1. The molecule has 0 atom stereocenters. The normalized spacial score (nSPS) is 14.9. The highest BCUT2D eigenvalue weighted by Crippen LogP contribution is 2.23. The molecule has 1 aliphatic heterocycles. The van der Waals surface area contributed by atoms with Crippen molar-refractivity contribution in [3.05, 3.63) is 23.8 Å². The number of amides is 2. The first-order valence-electron chi connectivity index (χ1n) is 8.80. The van der Waals surface area contributed by atoms with Gasteiger partial charge in [-0.05, 0) is 44.4 Å². The van der Waals surface area contributed by atoms with Gasteiger partial charge in [-0.15, -0.1) is 0 Å². The van der Waals surface area contributed by atoms with Gasteiger partial charge in [-0.25, -0.2) is 4.79 Å². The van der Waals surface area contributed by atoms with Crippen LogP contribution in [0, 0.1) is 0 Å². The van der Waals surface area contributed by atoms with E-state index in [0.29, 0.717) is 56.1 Å². The lowest BCUT2D eigenvalue weighted by atomic mass is 10.0. The maximum Gasteiger partial charge on any atom is 0.409 e. The first kappa shape index (κ1) is 18.9. The van der Waals surface area contributed by atoms with E-state index in [2.05, 4.69) is 5.32 Å². The summed E-state index contributed by atoms with van der Waals surface area (Å²) in [6, 6.07) is 5.11. The zero-order chi connectivity index (χ0) is 18.2. The first-order valence-corrected chi connectivity index (χ1v) is 8.80. The summed E-state index contributed by atoms with van der Waals surface area (Å²) in [5.41, 5.74) is 6.92. The van der Waals surface area contributed by atoms with E-state index in [4.69, 9.17) is 15.2 Å². The van der Waals surface area contributed by atoms with Crippen LogP contribution in [0.2, 0.25) is 0 Å². The number of nitrogen functional groups attached to an aromatic ring is 1. The van der Waals surface area contributed by atoms with E-state index in [1.165, 1.54) is 0 Å². The molecule has 0 unspecified atom stereocenters. The second-order valence-electron chi connectivity index (χ2n) is 6.03. The monoisotopic (exact) mass is 349 g/mol. The summed E-state index contributed by atoms with van der Waals surface area (Å²) >= 11 is 0. The maximum atomic E-state index is 12.4. The van der Waals surface area contributed by atoms with Gasteiger partial charge in [0.2, 0.25) is 0 Å². The van der Waals surface area contributed by atoms with Crippen molar-refractivity contribution in [1.82, 2.24) is 10.2 Å². The van der Waals surface area contributed by atoms with Crippen LogP contribution < -0.4 is 15.8 Å². The number of likely N-dealkylation sites (tertiary alicyclic amines) is 1. The van der Waals surface area contributed by atoms with E-state index in [1.54, 1.807) is 30.0 Å². The van der Waals surface area contributed by atoms with Gasteiger partial charge in [0.05, 0.1) is 18.9 Å². The van der Waals surface area contributed by atoms with Crippen LogP contribution in [0.25, 0.3) is 0 Å². The number of hydrogen-bond acceptors (Lipinski definition) is 5. The van der Waals surface area contributed by atoms with Crippen LogP contribution in [0.4, 0.5) is 10.5 Å². The Morgan fingerprint density at radius 1 is 1.28 bits per heavy atom. The minimum Gasteiger partial charge on any atom is -0.491 e. The van der Waals surface area contributed by atoms with Gasteiger partial charge in [-0.3, -0.25) is 4.79 Å². The lowest BCUT2D eigenvalue weighted by molar-refractivity contribution is 0.0860. The van der Waals surface area contributed by atoms with Crippen LogP contribution in [-0.4, -0.2) is 49.2 Å². The number of carbonyl (C=O) groups is 2. The molecule has 3 N–H and O–H groups in total. The molecule has 1 fully saturated rings. The van der Waals surface area contributed by atoms with Crippen LogP contribution in [0.5, 0.6) is 5.75 Å².